The Hall–Kier alpha value is -0.850. The molecule has 0 fully saturated rings. The molecule has 0 aliphatic heterocycles. The maximum Gasteiger partial charge on any atom is -0.0411 e. The lowest BCUT2D eigenvalue weighted by atomic mass is 9.85. The van der Waals surface area contributed by atoms with Gasteiger partial charge in [0.05, 0.1) is 0 Å². The number of aliphatic hydroxyl groups is 1. The summed E-state index contributed by atoms with van der Waals surface area (Å²) in [6, 6.07) is 0. The molecule has 1 nitrogen and oxygen atoms in total. The van der Waals surface area contributed by atoms with E-state index in [1.165, 1.54) is 5.57 Å². The van der Waals surface area contributed by atoms with Crippen LogP contribution in [0.5, 0.6) is 0 Å². The van der Waals surface area contributed by atoms with Crippen LogP contribution in [0.2, 0.25) is 0 Å². The van der Waals surface area contributed by atoms with E-state index in [-0.39, 0.29) is 0 Å². The van der Waals surface area contributed by atoms with Crippen molar-refractivity contribution in [2.75, 3.05) is 0 Å². The van der Waals surface area contributed by atoms with Gasteiger partial charge >= 0.3 is 0 Å². The van der Waals surface area contributed by atoms with E-state index in [1.54, 1.807) is 0 Å². The minimum Gasteiger partial charge on any atom is -0.596 e. The average Bonchev–Trinajstić information content (AvgIpc) is 1.94. The van der Waals surface area contributed by atoms with Gasteiger partial charge in [-0.15, -0.1) is 0 Å². The molecule has 1 rings (SSSR count). The molecule has 0 aromatic rings. The Morgan fingerprint density at radius 1 is 1.73 bits per heavy atom. The van der Waals surface area contributed by atoms with E-state index in [0.717, 1.165) is 18.4 Å². The summed E-state index contributed by atoms with van der Waals surface area (Å²) >= 11 is 0. The van der Waals surface area contributed by atoms with Crippen LogP contribution in [0.15, 0.2) is 23.5 Å². The molecule has 0 saturated heterocycles. The summed E-state index contributed by atoms with van der Waals surface area (Å²) < 4.78 is 0. The van der Waals surface area contributed by atoms with Crippen molar-refractivity contribution in [2.45, 2.75) is 26.7 Å². The molecule has 1 unspecified atom stereocenters. The van der Waals surface area contributed by atoms with E-state index < -0.39 is 0 Å². The van der Waals surface area contributed by atoms with Crippen LogP contribution >= 0.6 is 0 Å². The van der Waals surface area contributed by atoms with Gasteiger partial charge in [-0.2, -0.15) is 5.57 Å². The number of rotatable bonds is 1. The van der Waals surface area contributed by atoms with Gasteiger partial charge in [0.25, 0.3) is 0 Å². The van der Waals surface area contributed by atoms with Gasteiger partial charge in [-0.1, -0.05) is 37.7 Å². The molecule has 0 aromatic heterocycles. The van der Waals surface area contributed by atoms with Gasteiger partial charge in [0, 0.05) is 0 Å². The Morgan fingerprint density at radius 3 is 2.82 bits per heavy atom. The Kier molecular flexibility index (Phi) is 2.28. The van der Waals surface area contributed by atoms with E-state index in [9.17, 15) is 5.11 Å². The average molecular weight is 151 g/mol. The van der Waals surface area contributed by atoms with Crippen LogP contribution in [0.25, 0.3) is 0 Å². The molecule has 0 spiro atoms. The van der Waals surface area contributed by atoms with Crippen LogP contribution in [0.4, 0.5) is 0 Å². The second-order valence-corrected chi connectivity index (χ2v) is 3.32. The highest BCUT2D eigenvalue weighted by Gasteiger charge is 2.10. The molecule has 0 amide bonds. The molecule has 11 heavy (non-hydrogen) atoms. The summed E-state index contributed by atoms with van der Waals surface area (Å²) in [5.41, 5.74) is 2.20. The molecule has 62 valence electrons. The first-order valence-electron chi connectivity index (χ1n) is 3.98. The van der Waals surface area contributed by atoms with Crippen LogP contribution in [-0.4, -0.2) is 5.11 Å². The highest BCUT2D eigenvalue weighted by Crippen LogP contribution is 2.30. The molecule has 0 aromatic carbocycles. The standard InChI is InChI=1S/C10H15O/c1-7(2)9-5-4-8(3)10(11)6-9/h4,9,11H,1,5-6H2,2-3H3/q-1. The molecule has 1 atom stereocenters. The molecule has 1 aliphatic rings. The summed E-state index contributed by atoms with van der Waals surface area (Å²) in [6.45, 7) is 7.85. The zero-order chi connectivity index (χ0) is 8.43. The Labute approximate surface area is 68.4 Å². The fraction of sp³-hybridized carbons (Fsp3) is 0.500. The van der Waals surface area contributed by atoms with Crippen molar-refractivity contribution >= 4 is 0 Å². The van der Waals surface area contributed by atoms with Crippen molar-refractivity contribution < 1.29 is 5.11 Å². The quantitative estimate of drug-likeness (QED) is 0.451. The fourth-order valence-corrected chi connectivity index (χ4v) is 1.29. The van der Waals surface area contributed by atoms with Crippen molar-refractivity contribution in [3.8, 4) is 0 Å². The molecule has 0 heterocycles. The fourth-order valence-electron chi connectivity index (χ4n) is 1.29. The first-order chi connectivity index (χ1) is 5.11. The predicted molar refractivity (Wildman–Crippen MR) is 47.2 cm³/mol. The highest BCUT2D eigenvalue weighted by molar-refractivity contribution is 5.22. The minimum atomic E-state index is 0.457. The lowest BCUT2D eigenvalue weighted by Gasteiger charge is -2.30. The first-order valence-corrected chi connectivity index (χ1v) is 3.98. The van der Waals surface area contributed by atoms with Crippen molar-refractivity contribution in [1.82, 2.24) is 0 Å². The SMILES string of the molecule is C=C(C)C1C[CH-]C(C)=C(O)C1. The third kappa shape index (κ3) is 1.79. The maximum atomic E-state index is 9.40. The Balaban J connectivity index is 2.64. The van der Waals surface area contributed by atoms with Gasteiger partial charge in [0.1, 0.15) is 0 Å². The summed E-state index contributed by atoms with van der Waals surface area (Å²) in [7, 11) is 0. The number of aliphatic hydroxyl groups excluding tert-OH is 1. The third-order valence-corrected chi connectivity index (χ3v) is 2.30. The molecule has 1 aliphatic carbocycles. The topological polar surface area (TPSA) is 20.2 Å². The van der Waals surface area contributed by atoms with E-state index >= 15 is 0 Å². The zero-order valence-electron chi connectivity index (χ0n) is 7.22. The molecule has 1 heteroatoms. The maximum absolute atomic E-state index is 9.40. The lowest BCUT2D eigenvalue weighted by Crippen LogP contribution is -2.10. The van der Waals surface area contributed by atoms with Crippen molar-refractivity contribution in [2.24, 2.45) is 5.92 Å². The van der Waals surface area contributed by atoms with Crippen molar-refractivity contribution in [3.05, 3.63) is 29.9 Å². The third-order valence-electron chi connectivity index (χ3n) is 2.30. The second-order valence-electron chi connectivity index (χ2n) is 3.32. The number of hydrogen-bond donors (Lipinski definition) is 1. The molecule has 0 bridgehead atoms. The smallest absolute Gasteiger partial charge is 0.0411 e. The highest BCUT2D eigenvalue weighted by atomic mass is 16.3. The van der Waals surface area contributed by atoms with Crippen LogP contribution in [0.3, 0.4) is 0 Å². The Bertz CT molecular complexity index is 201. The second kappa shape index (κ2) is 3.04. The van der Waals surface area contributed by atoms with Gasteiger partial charge in [0.2, 0.25) is 0 Å². The van der Waals surface area contributed by atoms with E-state index in [0.29, 0.717) is 11.7 Å². The van der Waals surface area contributed by atoms with Crippen LogP contribution < -0.4 is 0 Å². The summed E-state index contributed by atoms with van der Waals surface area (Å²) in [4.78, 5) is 0. The Morgan fingerprint density at radius 2 is 2.36 bits per heavy atom. The monoisotopic (exact) mass is 151 g/mol. The summed E-state index contributed by atoms with van der Waals surface area (Å²) in [6.07, 6.45) is 3.89. The van der Waals surface area contributed by atoms with E-state index in [1.807, 2.05) is 13.8 Å². The van der Waals surface area contributed by atoms with Gasteiger partial charge in [-0.25, -0.2) is 6.42 Å². The normalized spacial score (nSPS) is 24.7. The molecule has 0 saturated carbocycles. The van der Waals surface area contributed by atoms with Crippen LogP contribution in [0, 0.1) is 12.3 Å². The predicted octanol–water partition coefficient (Wildman–Crippen LogP) is 3.01. The largest absolute Gasteiger partial charge is 0.596 e. The molecular formula is C10H15O-. The van der Waals surface area contributed by atoms with E-state index in [2.05, 4.69) is 13.0 Å². The molecule has 0 radical (unpaired) electrons. The molecule has 1 N–H and O–H groups in total. The summed E-state index contributed by atoms with van der Waals surface area (Å²) in [5.74, 6) is 0.989. The summed E-state index contributed by atoms with van der Waals surface area (Å²) in [5, 5.41) is 9.40. The van der Waals surface area contributed by atoms with Gasteiger partial charge < -0.3 is 5.11 Å². The van der Waals surface area contributed by atoms with E-state index in [4.69, 9.17) is 0 Å². The lowest BCUT2D eigenvalue weighted by molar-refractivity contribution is 0.344. The van der Waals surface area contributed by atoms with Crippen LogP contribution in [0.1, 0.15) is 26.7 Å². The molecular weight excluding hydrogens is 136 g/mol. The zero-order valence-corrected chi connectivity index (χ0v) is 7.22. The number of allylic oxidation sites excluding steroid dienone is 3. The van der Waals surface area contributed by atoms with Crippen LogP contribution in [-0.2, 0) is 0 Å². The van der Waals surface area contributed by atoms with Crippen molar-refractivity contribution in [3.63, 3.8) is 0 Å². The first kappa shape index (κ1) is 8.25. The minimum absolute atomic E-state index is 0.457. The van der Waals surface area contributed by atoms with Gasteiger partial charge in [-0.05, 0) is 12.8 Å². The number of hydrogen-bond acceptors (Lipinski definition) is 1. The van der Waals surface area contributed by atoms with Gasteiger partial charge in [-0.3, -0.25) is 0 Å². The van der Waals surface area contributed by atoms with Gasteiger partial charge in [0.15, 0.2) is 0 Å². The van der Waals surface area contributed by atoms with Crippen molar-refractivity contribution in [1.29, 1.82) is 0 Å².